The molecular weight excluding hydrogens is 320 g/mol. The monoisotopic (exact) mass is 340 g/mol. The molecule has 1 atom stereocenters. The lowest BCUT2D eigenvalue weighted by molar-refractivity contribution is 0.0920. The summed E-state index contributed by atoms with van der Waals surface area (Å²) >= 11 is 1.65. The molecule has 3 aromatic rings. The van der Waals surface area contributed by atoms with Crippen molar-refractivity contribution in [2.24, 2.45) is 5.92 Å². The van der Waals surface area contributed by atoms with Crippen LogP contribution in [0.15, 0.2) is 47.8 Å². The highest BCUT2D eigenvalue weighted by Crippen LogP contribution is 2.26. The van der Waals surface area contributed by atoms with Gasteiger partial charge in [0.25, 0.3) is 5.91 Å². The summed E-state index contributed by atoms with van der Waals surface area (Å²) < 4.78 is 0. The van der Waals surface area contributed by atoms with Gasteiger partial charge in [-0.2, -0.15) is 9.90 Å². The van der Waals surface area contributed by atoms with E-state index in [-0.39, 0.29) is 17.9 Å². The molecule has 1 N–H and O–H groups in total. The van der Waals surface area contributed by atoms with Gasteiger partial charge in [-0.25, -0.2) is 0 Å². The molecule has 2 heterocycles. The number of benzene rings is 1. The average molecular weight is 340 g/mol. The Bertz CT molecular complexity index is 809. The molecule has 3 rings (SSSR count). The molecule has 0 saturated heterocycles. The summed E-state index contributed by atoms with van der Waals surface area (Å²) in [7, 11) is 0. The second-order valence-corrected chi connectivity index (χ2v) is 6.95. The fourth-order valence-electron chi connectivity index (χ4n) is 2.51. The zero-order chi connectivity index (χ0) is 17.1. The minimum atomic E-state index is -0.193. The molecule has 0 saturated carbocycles. The van der Waals surface area contributed by atoms with Crippen molar-refractivity contribution >= 4 is 17.2 Å². The molecule has 0 spiro atoms. The lowest BCUT2D eigenvalue weighted by atomic mass is 10.0. The van der Waals surface area contributed by atoms with Gasteiger partial charge in [0, 0.05) is 4.88 Å². The van der Waals surface area contributed by atoms with E-state index in [9.17, 15) is 4.79 Å². The number of aryl methyl sites for hydroxylation is 1. The quantitative estimate of drug-likeness (QED) is 0.769. The topological polar surface area (TPSA) is 59.8 Å². The fourth-order valence-corrected chi connectivity index (χ4v) is 3.46. The Morgan fingerprint density at radius 2 is 1.88 bits per heavy atom. The van der Waals surface area contributed by atoms with Gasteiger partial charge in [0.15, 0.2) is 5.69 Å². The van der Waals surface area contributed by atoms with Crippen LogP contribution in [0, 0.1) is 12.8 Å². The number of nitrogens with one attached hydrogen (secondary N) is 1. The molecule has 1 amide bonds. The summed E-state index contributed by atoms with van der Waals surface area (Å²) in [5, 5.41) is 13.9. The molecule has 0 aliphatic rings. The van der Waals surface area contributed by atoms with Crippen LogP contribution in [-0.2, 0) is 0 Å². The minimum Gasteiger partial charge on any atom is -0.343 e. The maximum Gasteiger partial charge on any atom is 0.274 e. The maximum atomic E-state index is 12.7. The SMILES string of the molecule is Cc1nn(-c2ccccc2)nc1C(=O)N[C@H](c1cccs1)C(C)C. The molecule has 1 aromatic carbocycles. The molecular formula is C18H20N4OS. The summed E-state index contributed by atoms with van der Waals surface area (Å²) in [5.74, 6) is 0.0962. The van der Waals surface area contributed by atoms with Crippen LogP contribution in [0.3, 0.4) is 0 Å². The Morgan fingerprint density at radius 1 is 1.12 bits per heavy atom. The van der Waals surface area contributed by atoms with Gasteiger partial charge in [-0.3, -0.25) is 4.79 Å². The number of hydrogen-bond donors (Lipinski definition) is 1. The number of nitrogens with zero attached hydrogens (tertiary/aromatic N) is 3. The highest BCUT2D eigenvalue weighted by Gasteiger charge is 2.23. The van der Waals surface area contributed by atoms with Crippen molar-refractivity contribution in [3.63, 3.8) is 0 Å². The van der Waals surface area contributed by atoms with Crippen molar-refractivity contribution in [2.75, 3.05) is 0 Å². The van der Waals surface area contributed by atoms with Crippen molar-refractivity contribution in [3.8, 4) is 5.69 Å². The molecule has 6 heteroatoms. The van der Waals surface area contributed by atoms with Gasteiger partial charge in [-0.05, 0) is 36.4 Å². The number of rotatable bonds is 5. The number of para-hydroxylation sites is 1. The van der Waals surface area contributed by atoms with Crippen molar-refractivity contribution < 1.29 is 4.79 Å². The van der Waals surface area contributed by atoms with E-state index in [1.165, 1.54) is 4.80 Å². The molecule has 0 aliphatic carbocycles. The van der Waals surface area contributed by atoms with E-state index in [0.29, 0.717) is 11.4 Å². The second-order valence-electron chi connectivity index (χ2n) is 5.97. The Hall–Kier alpha value is -2.47. The maximum absolute atomic E-state index is 12.7. The third-order valence-corrected chi connectivity index (χ3v) is 4.74. The summed E-state index contributed by atoms with van der Waals surface area (Å²) in [6.45, 7) is 5.99. The van der Waals surface area contributed by atoms with Gasteiger partial charge >= 0.3 is 0 Å². The van der Waals surface area contributed by atoms with Gasteiger partial charge in [-0.1, -0.05) is 38.1 Å². The predicted octanol–water partition coefficient (Wildman–Crippen LogP) is 3.76. The summed E-state index contributed by atoms with van der Waals surface area (Å²) in [6, 6.07) is 13.6. The van der Waals surface area contributed by atoms with Crippen LogP contribution in [0.25, 0.3) is 5.69 Å². The van der Waals surface area contributed by atoms with Crippen LogP contribution in [0.2, 0.25) is 0 Å². The van der Waals surface area contributed by atoms with E-state index >= 15 is 0 Å². The van der Waals surface area contributed by atoms with E-state index in [2.05, 4.69) is 29.4 Å². The largest absolute Gasteiger partial charge is 0.343 e. The zero-order valence-electron chi connectivity index (χ0n) is 13.9. The third-order valence-electron chi connectivity index (χ3n) is 3.79. The van der Waals surface area contributed by atoms with Crippen molar-refractivity contribution in [1.29, 1.82) is 0 Å². The van der Waals surface area contributed by atoms with E-state index in [4.69, 9.17) is 0 Å². The van der Waals surface area contributed by atoms with Crippen LogP contribution in [0.4, 0.5) is 0 Å². The van der Waals surface area contributed by atoms with E-state index in [1.807, 2.05) is 47.8 Å². The minimum absolute atomic E-state index is 0.0289. The highest BCUT2D eigenvalue weighted by atomic mass is 32.1. The van der Waals surface area contributed by atoms with Gasteiger partial charge in [0.1, 0.15) is 0 Å². The molecule has 0 unspecified atom stereocenters. The van der Waals surface area contributed by atoms with Crippen LogP contribution in [0.5, 0.6) is 0 Å². The van der Waals surface area contributed by atoms with Crippen molar-refractivity contribution in [1.82, 2.24) is 20.3 Å². The molecule has 0 aliphatic heterocycles. The number of amides is 1. The Balaban J connectivity index is 1.84. The molecule has 0 radical (unpaired) electrons. The Morgan fingerprint density at radius 3 is 2.50 bits per heavy atom. The van der Waals surface area contributed by atoms with Gasteiger partial charge in [-0.15, -0.1) is 16.4 Å². The van der Waals surface area contributed by atoms with Crippen LogP contribution < -0.4 is 5.32 Å². The zero-order valence-corrected chi connectivity index (χ0v) is 14.7. The number of thiophene rings is 1. The smallest absolute Gasteiger partial charge is 0.274 e. The summed E-state index contributed by atoms with van der Waals surface area (Å²) in [6.07, 6.45) is 0. The molecule has 0 fully saturated rings. The van der Waals surface area contributed by atoms with Crippen molar-refractivity contribution in [2.45, 2.75) is 26.8 Å². The van der Waals surface area contributed by atoms with Crippen LogP contribution in [-0.4, -0.2) is 20.9 Å². The van der Waals surface area contributed by atoms with E-state index in [0.717, 1.165) is 10.6 Å². The second kappa shape index (κ2) is 6.97. The van der Waals surface area contributed by atoms with Crippen LogP contribution >= 0.6 is 11.3 Å². The summed E-state index contributed by atoms with van der Waals surface area (Å²) in [4.78, 5) is 15.3. The molecule has 5 nitrogen and oxygen atoms in total. The summed E-state index contributed by atoms with van der Waals surface area (Å²) in [5.41, 5.74) is 1.81. The lowest BCUT2D eigenvalue weighted by Gasteiger charge is -2.20. The average Bonchev–Trinajstić information content (AvgIpc) is 3.22. The number of aromatic nitrogens is 3. The van der Waals surface area contributed by atoms with E-state index < -0.39 is 0 Å². The normalized spacial score (nSPS) is 12.3. The lowest BCUT2D eigenvalue weighted by Crippen LogP contribution is -2.32. The molecule has 124 valence electrons. The fraction of sp³-hybridized carbons (Fsp3) is 0.278. The Kier molecular flexibility index (Phi) is 4.76. The first kappa shape index (κ1) is 16.4. The molecule has 2 aromatic heterocycles. The predicted molar refractivity (Wildman–Crippen MR) is 95.5 cm³/mol. The number of carbonyl (C=O) groups excluding carboxylic acids is 1. The first-order chi connectivity index (χ1) is 11.6. The standard InChI is InChI=1S/C18H20N4OS/c1-12(2)16(15-10-7-11-24-15)19-18(23)17-13(3)20-22(21-17)14-8-5-4-6-9-14/h4-12,16H,1-3H3,(H,19,23)/t16-/m0/s1. The first-order valence-electron chi connectivity index (χ1n) is 7.90. The highest BCUT2D eigenvalue weighted by molar-refractivity contribution is 7.10. The van der Waals surface area contributed by atoms with Gasteiger partial charge in [0.2, 0.25) is 0 Å². The molecule has 24 heavy (non-hydrogen) atoms. The number of carbonyl (C=O) groups is 1. The van der Waals surface area contributed by atoms with Gasteiger partial charge < -0.3 is 5.32 Å². The van der Waals surface area contributed by atoms with Gasteiger partial charge in [0.05, 0.1) is 17.4 Å². The van der Waals surface area contributed by atoms with E-state index in [1.54, 1.807) is 18.3 Å². The Labute approximate surface area is 145 Å². The van der Waals surface area contributed by atoms with Crippen molar-refractivity contribution in [3.05, 3.63) is 64.1 Å². The van der Waals surface area contributed by atoms with Crippen LogP contribution in [0.1, 0.15) is 40.9 Å². The first-order valence-corrected chi connectivity index (χ1v) is 8.78. The molecule has 0 bridgehead atoms. The number of hydrogen-bond acceptors (Lipinski definition) is 4. The third kappa shape index (κ3) is 3.38.